The van der Waals surface area contributed by atoms with E-state index in [4.69, 9.17) is 18.0 Å². The predicted molar refractivity (Wildman–Crippen MR) is 75.2 cm³/mol. The molecule has 0 rings (SSSR count). The molecule has 17 heavy (non-hydrogen) atoms. The van der Waals surface area contributed by atoms with Gasteiger partial charge in [-0.05, 0) is 38.7 Å². The van der Waals surface area contributed by atoms with Crippen LogP contribution in [-0.4, -0.2) is 50.9 Å². The van der Waals surface area contributed by atoms with E-state index < -0.39 is 16.9 Å². The number of hydrogen-bond acceptors (Lipinski definition) is 4. The summed E-state index contributed by atoms with van der Waals surface area (Å²) in [5, 5.41) is 0. The minimum absolute atomic E-state index is 0.657. The standard InChI is InChI=1S/C11H28O4Si2/c1-12-9-10-14-8-7-11-17(6,13-2)15-16(3,4)5/h7-11H2,1-6H3. The van der Waals surface area contributed by atoms with E-state index >= 15 is 0 Å². The third kappa shape index (κ3) is 9.93. The van der Waals surface area contributed by atoms with Gasteiger partial charge in [0.1, 0.15) is 0 Å². The Bertz CT molecular complexity index is 196. The van der Waals surface area contributed by atoms with Gasteiger partial charge < -0.3 is 18.0 Å². The zero-order valence-electron chi connectivity index (χ0n) is 12.2. The fourth-order valence-electron chi connectivity index (χ4n) is 1.58. The van der Waals surface area contributed by atoms with Gasteiger partial charge in [0.05, 0.1) is 13.2 Å². The van der Waals surface area contributed by atoms with Crippen LogP contribution in [0, 0.1) is 0 Å². The van der Waals surface area contributed by atoms with Crippen LogP contribution in [0.4, 0.5) is 0 Å². The van der Waals surface area contributed by atoms with Gasteiger partial charge in [0, 0.05) is 20.8 Å². The number of ether oxygens (including phenoxy) is 2. The zero-order valence-corrected chi connectivity index (χ0v) is 14.2. The summed E-state index contributed by atoms with van der Waals surface area (Å²) in [4.78, 5) is 0. The first kappa shape index (κ1) is 17.3. The quantitative estimate of drug-likeness (QED) is 0.455. The van der Waals surface area contributed by atoms with Crippen molar-refractivity contribution in [3.05, 3.63) is 0 Å². The molecule has 0 aliphatic carbocycles. The number of methoxy groups -OCH3 is 1. The van der Waals surface area contributed by atoms with Crippen molar-refractivity contribution < 1.29 is 18.0 Å². The van der Waals surface area contributed by atoms with Crippen molar-refractivity contribution in [3.63, 3.8) is 0 Å². The average molecular weight is 281 g/mol. The largest absolute Gasteiger partial charge is 0.436 e. The molecule has 0 spiro atoms. The SMILES string of the molecule is COCCOCCC[Si](C)(OC)O[Si](C)(C)C. The third-order valence-corrected chi connectivity index (χ3v) is 8.61. The Balaban J connectivity index is 3.80. The summed E-state index contributed by atoms with van der Waals surface area (Å²) in [6.07, 6.45) is 0.991. The Morgan fingerprint density at radius 3 is 2.00 bits per heavy atom. The molecule has 0 radical (unpaired) electrons. The molecule has 0 saturated heterocycles. The zero-order chi connectivity index (χ0) is 13.4. The maximum atomic E-state index is 6.18. The summed E-state index contributed by atoms with van der Waals surface area (Å²) in [6, 6.07) is 0.987. The monoisotopic (exact) mass is 280 g/mol. The van der Waals surface area contributed by atoms with Gasteiger partial charge in [-0.1, -0.05) is 0 Å². The van der Waals surface area contributed by atoms with Crippen LogP contribution in [0.1, 0.15) is 6.42 Å². The van der Waals surface area contributed by atoms with E-state index in [9.17, 15) is 0 Å². The molecule has 0 aromatic heterocycles. The lowest BCUT2D eigenvalue weighted by molar-refractivity contribution is 0.0702. The highest BCUT2D eigenvalue weighted by Gasteiger charge is 2.34. The topological polar surface area (TPSA) is 36.9 Å². The van der Waals surface area contributed by atoms with Gasteiger partial charge in [-0.25, -0.2) is 0 Å². The molecule has 104 valence electrons. The summed E-state index contributed by atoms with van der Waals surface area (Å²) in [5.74, 6) is 0. The Kier molecular flexibility index (Phi) is 8.52. The summed E-state index contributed by atoms with van der Waals surface area (Å²) in [5.41, 5.74) is 0. The lowest BCUT2D eigenvalue weighted by atomic mass is 10.5. The predicted octanol–water partition coefficient (Wildman–Crippen LogP) is 2.61. The molecule has 0 saturated carbocycles. The Hall–Kier alpha value is 0.274. The first-order valence-electron chi connectivity index (χ1n) is 6.15. The molecule has 4 nitrogen and oxygen atoms in total. The normalized spacial score (nSPS) is 15.9. The minimum atomic E-state index is -1.98. The maximum Gasteiger partial charge on any atom is 0.324 e. The van der Waals surface area contributed by atoms with Crippen molar-refractivity contribution in [1.29, 1.82) is 0 Å². The molecule has 0 aliphatic rings. The molecular weight excluding hydrogens is 252 g/mol. The molecule has 6 heteroatoms. The van der Waals surface area contributed by atoms with Crippen LogP contribution in [0.3, 0.4) is 0 Å². The lowest BCUT2D eigenvalue weighted by Crippen LogP contribution is -2.46. The second-order valence-electron chi connectivity index (χ2n) is 5.26. The molecule has 0 heterocycles. The van der Waals surface area contributed by atoms with Crippen molar-refractivity contribution in [2.45, 2.75) is 38.7 Å². The third-order valence-electron chi connectivity index (χ3n) is 2.31. The average Bonchev–Trinajstić information content (AvgIpc) is 2.21. The van der Waals surface area contributed by atoms with Gasteiger partial charge in [0.15, 0.2) is 8.32 Å². The van der Waals surface area contributed by atoms with Crippen LogP contribution in [0.15, 0.2) is 0 Å². The van der Waals surface area contributed by atoms with Crippen molar-refractivity contribution >= 4 is 16.9 Å². The molecule has 0 aromatic rings. The van der Waals surface area contributed by atoms with Crippen molar-refractivity contribution in [3.8, 4) is 0 Å². The van der Waals surface area contributed by atoms with Gasteiger partial charge >= 0.3 is 8.56 Å². The molecular formula is C11H28O4Si2. The summed E-state index contributed by atoms with van der Waals surface area (Å²) in [6.45, 7) is 10.8. The highest BCUT2D eigenvalue weighted by atomic mass is 28.4. The van der Waals surface area contributed by atoms with Gasteiger partial charge in [-0.3, -0.25) is 0 Å². The van der Waals surface area contributed by atoms with E-state index in [1.165, 1.54) is 0 Å². The highest BCUT2D eigenvalue weighted by molar-refractivity contribution is 6.81. The molecule has 1 unspecified atom stereocenters. The van der Waals surface area contributed by atoms with Gasteiger partial charge in [-0.15, -0.1) is 0 Å². The fraction of sp³-hybridized carbons (Fsp3) is 1.00. The lowest BCUT2D eigenvalue weighted by Gasteiger charge is -2.32. The van der Waals surface area contributed by atoms with Crippen molar-refractivity contribution in [2.75, 3.05) is 34.0 Å². The first-order chi connectivity index (χ1) is 7.83. The molecule has 1 atom stereocenters. The fourth-order valence-corrected chi connectivity index (χ4v) is 8.50. The molecule has 0 fully saturated rings. The summed E-state index contributed by atoms with van der Waals surface area (Å²) < 4.78 is 22.1. The van der Waals surface area contributed by atoms with E-state index in [-0.39, 0.29) is 0 Å². The molecule has 0 amide bonds. The number of hydrogen-bond donors (Lipinski definition) is 0. The minimum Gasteiger partial charge on any atom is -0.436 e. The highest BCUT2D eigenvalue weighted by Crippen LogP contribution is 2.20. The van der Waals surface area contributed by atoms with Gasteiger partial charge in [0.2, 0.25) is 0 Å². The maximum absolute atomic E-state index is 6.18. The Labute approximate surface area is 108 Å². The summed E-state index contributed by atoms with van der Waals surface area (Å²) >= 11 is 0. The first-order valence-corrected chi connectivity index (χ1v) is 12.1. The number of rotatable bonds is 10. The van der Waals surface area contributed by atoms with Crippen LogP contribution < -0.4 is 0 Å². The van der Waals surface area contributed by atoms with Crippen molar-refractivity contribution in [2.24, 2.45) is 0 Å². The van der Waals surface area contributed by atoms with Crippen LogP contribution in [-0.2, 0) is 18.0 Å². The van der Waals surface area contributed by atoms with E-state index in [0.717, 1.165) is 19.1 Å². The second kappa shape index (κ2) is 8.39. The van der Waals surface area contributed by atoms with Crippen LogP contribution in [0.25, 0.3) is 0 Å². The van der Waals surface area contributed by atoms with Gasteiger partial charge in [0.25, 0.3) is 0 Å². The Morgan fingerprint density at radius 2 is 1.53 bits per heavy atom. The second-order valence-corrected chi connectivity index (χ2v) is 13.5. The molecule has 0 aliphatic heterocycles. The van der Waals surface area contributed by atoms with Crippen LogP contribution in [0.2, 0.25) is 32.2 Å². The van der Waals surface area contributed by atoms with E-state index in [1.54, 1.807) is 14.2 Å². The van der Waals surface area contributed by atoms with E-state index in [0.29, 0.717) is 13.2 Å². The molecule has 0 aromatic carbocycles. The molecule has 0 bridgehead atoms. The molecule has 0 N–H and O–H groups in total. The summed E-state index contributed by atoms with van der Waals surface area (Å²) in [7, 11) is -0.0530. The van der Waals surface area contributed by atoms with Crippen LogP contribution in [0.5, 0.6) is 0 Å². The van der Waals surface area contributed by atoms with E-state index in [1.807, 2.05) is 0 Å². The van der Waals surface area contributed by atoms with Crippen molar-refractivity contribution in [1.82, 2.24) is 0 Å². The van der Waals surface area contributed by atoms with E-state index in [2.05, 4.69) is 26.2 Å². The van der Waals surface area contributed by atoms with Crippen LogP contribution >= 0.6 is 0 Å². The van der Waals surface area contributed by atoms with Gasteiger partial charge in [-0.2, -0.15) is 0 Å². The smallest absolute Gasteiger partial charge is 0.324 e. The Morgan fingerprint density at radius 1 is 0.882 bits per heavy atom.